The molecule has 0 saturated carbocycles. The van der Waals surface area contributed by atoms with Crippen LogP contribution in [0, 0.1) is 16.0 Å². The lowest BCUT2D eigenvalue weighted by molar-refractivity contribution is -0.385. The number of hydrogen-bond acceptors (Lipinski definition) is 6. The average molecular weight is 374 g/mol. The van der Waals surface area contributed by atoms with E-state index in [4.69, 9.17) is 4.74 Å². The van der Waals surface area contributed by atoms with E-state index < -0.39 is 22.5 Å². The van der Waals surface area contributed by atoms with Crippen molar-refractivity contribution in [3.05, 3.63) is 26.9 Å². The van der Waals surface area contributed by atoms with Crippen molar-refractivity contribution in [3.8, 4) is 0 Å². The van der Waals surface area contributed by atoms with Gasteiger partial charge in [-0.3, -0.25) is 10.1 Å². The van der Waals surface area contributed by atoms with Crippen molar-refractivity contribution >= 4 is 33.4 Å². The minimum atomic E-state index is -0.607. The summed E-state index contributed by atoms with van der Waals surface area (Å²) in [6.07, 6.45) is 1.14. The molecule has 1 N–H and O–H groups in total. The van der Waals surface area contributed by atoms with Crippen molar-refractivity contribution < 1.29 is 14.5 Å². The van der Waals surface area contributed by atoms with Crippen LogP contribution in [0.5, 0.6) is 0 Å². The first-order valence-corrected chi connectivity index (χ1v) is 7.60. The van der Waals surface area contributed by atoms with Crippen LogP contribution in [0.2, 0.25) is 0 Å². The Kier molecular flexibility index (Phi) is 5.87. The molecule has 0 aliphatic rings. The lowest BCUT2D eigenvalue weighted by Crippen LogP contribution is -2.40. The molecule has 0 aliphatic carbocycles. The third-order valence-corrected chi connectivity index (χ3v) is 3.26. The van der Waals surface area contributed by atoms with Crippen molar-refractivity contribution in [1.82, 2.24) is 4.98 Å². The van der Waals surface area contributed by atoms with Crippen LogP contribution in [-0.4, -0.2) is 27.5 Å². The van der Waals surface area contributed by atoms with Gasteiger partial charge in [-0.2, -0.15) is 0 Å². The largest absolute Gasteiger partial charge is 0.458 e. The minimum Gasteiger partial charge on any atom is -0.458 e. The maximum absolute atomic E-state index is 12.3. The number of nitro groups is 1. The minimum absolute atomic E-state index is 0.0428. The smallest absolute Gasteiger partial charge is 0.329 e. The number of carbonyl (C=O) groups excluding carboxylic acids is 1. The maximum Gasteiger partial charge on any atom is 0.329 e. The van der Waals surface area contributed by atoms with Crippen LogP contribution in [0.1, 0.15) is 34.6 Å². The number of esters is 1. The molecule has 122 valence electrons. The maximum atomic E-state index is 12.3. The number of carbonyl (C=O) groups is 1. The molecule has 7 nitrogen and oxygen atoms in total. The van der Waals surface area contributed by atoms with E-state index in [1.807, 2.05) is 13.8 Å². The van der Waals surface area contributed by atoms with Gasteiger partial charge in [-0.15, -0.1) is 0 Å². The molecule has 0 spiro atoms. The van der Waals surface area contributed by atoms with Crippen LogP contribution in [0.4, 0.5) is 11.5 Å². The first-order valence-electron chi connectivity index (χ1n) is 6.80. The number of hydrogen-bond donors (Lipinski definition) is 1. The van der Waals surface area contributed by atoms with Gasteiger partial charge in [0.1, 0.15) is 23.7 Å². The highest BCUT2D eigenvalue weighted by Gasteiger charge is 2.28. The molecule has 0 aromatic carbocycles. The van der Waals surface area contributed by atoms with Crippen LogP contribution >= 0.6 is 15.9 Å². The summed E-state index contributed by atoms with van der Waals surface area (Å²) in [6, 6.07) is 0.728. The fraction of sp³-hybridized carbons (Fsp3) is 0.571. The lowest BCUT2D eigenvalue weighted by atomic mass is 10.0. The second kappa shape index (κ2) is 7.04. The van der Waals surface area contributed by atoms with Gasteiger partial charge in [0.05, 0.1) is 9.40 Å². The van der Waals surface area contributed by atoms with Gasteiger partial charge in [-0.25, -0.2) is 9.78 Å². The molecular weight excluding hydrogens is 354 g/mol. The Labute approximate surface area is 137 Å². The van der Waals surface area contributed by atoms with Gasteiger partial charge in [0, 0.05) is 6.07 Å². The Morgan fingerprint density at radius 2 is 2.05 bits per heavy atom. The number of rotatable bonds is 5. The van der Waals surface area contributed by atoms with Crippen molar-refractivity contribution in [3.63, 3.8) is 0 Å². The molecule has 8 heteroatoms. The van der Waals surface area contributed by atoms with E-state index in [1.54, 1.807) is 20.8 Å². The molecule has 0 amide bonds. The summed E-state index contributed by atoms with van der Waals surface area (Å²) in [7, 11) is 0. The average Bonchev–Trinajstić information content (AvgIpc) is 2.34. The zero-order valence-electron chi connectivity index (χ0n) is 13.2. The Morgan fingerprint density at radius 3 is 2.45 bits per heavy atom. The van der Waals surface area contributed by atoms with E-state index in [2.05, 4.69) is 26.2 Å². The van der Waals surface area contributed by atoms with Crippen LogP contribution in [0.15, 0.2) is 16.7 Å². The molecular formula is C14H20BrN3O4. The molecule has 1 atom stereocenters. The fourth-order valence-electron chi connectivity index (χ4n) is 1.64. The first kappa shape index (κ1) is 18.3. The summed E-state index contributed by atoms with van der Waals surface area (Å²) in [5, 5.41) is 13.7. The summed E-state index contributed by atoms with van der Waals surface area (Å²) >= 11 is 3.22. The van der Waals surface area contributed by atoms with Gasteiger partial charge < -0.3 is 10.1 Å². The molecule has 0 saturated heterocycles. The van der Waals surface area contributed by atoms with Crippen molar-refractivity contribution in [2.24, 2.45) is 5.92 Å². The molecule has 22 heavy (non-hydrogen) atoms. The van der Waals surface area contributed by atoms with E-state index in [1.165, 1.54) is 6.07 Å². The number of nitrogens with one attached hydrogen (secondary N) is 1. The molecule has 0 aliphatic heterocycles. The molecule has 0 fully saturated rings. The lowest BCUT2D eigenvalue weighted by Gasteiger charge is -2.27. The van der Waals surface area contributed by atoms with Crippen LogP contribution in [0.25, 0.3) is 0 Å². The third kappa shape index (κ3) is 5.25. The Morgan fingerprint density at radius 1 is 1.45 bits per heavy atom. The summed E-state index contributed by atoms with van der Waals surface area (Å²) in [5.74, 6) is -0.0801. The molecule has 0 bridgehead atoms. The van der Waals surface area contributed by atoms with Gasteiger partial charge in [-0.1, -0.05) is 13.8 Å². The predicted molar refractivity (Wildman–Crippen MR) is 86.7 cm³/mol. The van der Waals surface area contributed by atoms with E-state index >= 15 is 0 Å². The van der Waals surface area contributed by atoms with Crippen LogP contribution < -0.4 is 5.32 Å². The van der Waals surface area contributed by atoms with Gasteiger partial charge in [0.2, 0.25) is 0 Å². The van der Waals surface area contributed by atoms with Gasteiger partial charge in [0.15, 0.2) is 0 Å². The molecule has 1 aromatic rings. The Bertz CT molecular complexity index is 570. The third-order valence-electron chi connectivity index (χ3n) is 2.66. The SMILES string of the molecule is CC(C)[C@@H](Nc1ncc([N+](=O)[O-])cc1Br)C(=O)OC(C)(C)C. The number of halogens is 1. The first-order chi connectivity index (χ1) is 10.0. The quantitative estimate of drug-likeness (QED) is 0.481. The summed E-state index contributed by atoms with van der Waals surface area (Å²) in [6.45, 7) is 9.13. The summed E-state index contributed by atoms with van der Waals surface area (Å²) in [5.41, 5.74) is -0.720. The van der Waals surface area contributed by atoms with Gasteiger partial charge in [0.25, 0.3) is 5.69 Å². The second-order valence-corrected chi connectivity index (χ2v) is 7.03. The second-order valence-electron chi connectivity index (χ2n) is 6.18. The van der Waals surface area contributed by atoms with Crippen LogP contribution in [-0.2, 0) is 9.53 Å². The highest BCUT2D eigenvalue weighted by molar-refractivity contribution is 9.10. The van der Waals surface area contributed by atoms with E-state index in [0.717, 1.165) is 6.20 Å². The normalized spacial score (nSPS) is 12.9. The van der Waals surface area contributed by atoms with E-state index in [0.29, 0.717) is 10.3 Å². The number of anilines is 1. The number of nitrogens with zero attached hydrogens (tertiary/aromatic N) is 2. The topological polar surface area (TPSA) is 94.4 Å². The molecule has 1 aromatic heterocycles. The summed E-state index contributed by atoms with van der Waals surface area (Å²) in [4.78, 5) is 26.4. The zero-order chi connectivity index (χ0) is 17.1. The fourth-order valence-corrected chi connectivity index (χ4v) is 2.10. The summed E-state index contributed by atoms with van der Waals surface area (Å²) < 4.78 is 5.80. The molecule has 1 heterocycles. The number of aromatic nitrogens is 1. The van der Waals surface area contributed by atoms with Crippen molar-refractivity contribution in [2.75, 3.05) is 5.32 Å². The van der Waals surface area contributed by atoms with Gasteiger partial charge in [-0.05, 0) is 42.6 Å². The zero-order valence-corrected chi connectivity index (χ0v) is 14.8. The number of ether oxygens (including phenoxy) is 1. The van der Waals surface area contributed by atoms with E-state index in [-0.39, 0.29) is 11.6 Å². The van der Waals surface area contributed by atoms with Crippen molar-refractivity contribution in [2.45, 2.75) is 46.3 Å². The highest BCUT2D eigenvalue weighted by atomic mass is 79.9. The predicted octanol–water partition coefficient (Wildman–Crippen LogP) is 3.53. The monoisotopic (exact) mass is 373 g/mol. The molecule has 0 unspecified atom stereocenters. The van der Waals surface area contributed by atoms with Crippen molar-refractivity contribution in [1.29, 1.82) is 0 Å². The molecule has 0 radical (unpaired) electrons. The van der Waals surface area contributed by atoms with E-state index in [9.17, 15) is 14.9 Å². The van der Waals surface area contributed by atoms with Crippen LogP contribution in [0.3, 0.4) is 0 Å². The Balaban J connectivity index is 2.97. The highest BCUT2D eigenvalue weighted by Crippen LogP contribution is 2.26. The Hall–Kier alpha value is -1.70. The molecule has 1 rings (SSSR count). The van der Waals surface area contributed by atoms with Gasteiger partial charge >= 0.3 is 5.97 Å². The number of pyridine rings is 1. The standard InChI is InChI=1S/C14H20BrN3O4/c1-8(2)11(13(19)22-14(3,4)5)17-12-10(15)6-9(7-16-12)18(20)21/h6-8,11H,1-5H3,(H,16,17)/t11-/m1/s1.